The van der Waals surface area contributed by atoms with E-state index in [9.17, 15) is 22.4 Å². The van der Waals surface area contributed by atoms with E-state index in [1.54, 1.807) is 18.2 Å². The number of ether oxygens (including phenoxy) is 1. The van der Waals surface area contributed by atoms with Gasteiger partial charge in [0.2, 0.25) is 11.9 Å². The van der Waals surface area contributed by atoms with Crippen LogP contribution in [0.25, 0.3) is 10.9 Å². The van der Waals surface area contributed by atoms with Gasteiger partial charge in [-0.25, -0.2) is 4.98 Å². The number of halogens is 4. The second-order valence-corrected chi connectivity index (χ2v) is 8.29. The number of carbonyl (C=O) groups is 1. The first-order chi connectivity index (χ1) is 15.1. The molecular weight excluding hydrogens is 426 g/mol. The van der Waals surface area contributed by atoms with E-state index < -0.39 is 12.3 Å². The Bertz CT molecular complexity index is 1150. The number of amides is 1. The van der Waals surface area contributed by atoms with Gasteiger partial charge >= 0.3 is 6.36 Å². The molecule has 4 rings (SSSR count). The molecule has 1 atom stereocenters. The van der Waals surface area contributed by atoms with Crippen LogP contribution in [0, 0.1) is 11.9 Å². The minimum Gasteiger partial charge on any atom is -0.406 e. The van der Waals surface area contributed by atoms with Crippen molar-refractivity contribution in [2.45, 2.75) is 52.1 Å². The molecule has 0 radical (unpaired) electrons. The third kappa shape index (κ3) is 4.71. The van der Waals surface area contributed by atoms with Crippen molar-refractivity contribution in [1.29, 1.82) is 0 Å². The molecule has 1 aromatic carbocycles. The maximum Gasteiger partial charge on any atom is 0.573 e. The predicted octanol–water partition coefficient (Wildman–Crippen LogP) is 4.75. The molecule has 32 heavy (non-hydrogen) atoms. The van der Waals surface area contributed by atoms with Crippen molar-refractivity contribution in [1.82, 2.24) is 14.9 Å². The van der Waals surface area contributed by atoms with Crippen molar-refractivity contribution in [2.24, 2.45) is 5.92 Å². The number of fused-ring (bicyclic) bond motifs is 3. The van der Waals surface area contributed by atoms with Crippen molar-refractivity contribution in [2.75, 3.05) is 0 Å². The van der Waals surface area contributed by atoms with Crippen LogP contribution in [0.3, 0.4) is 0 Å². The highest BCUT2D eigenvalue weighted by Crippen LogP contribution is 2.36. The molecule has 0 spiro atoms. The largest absolute Gasteiger partial charge is 0.573 e. The fourth-order valence-corrected chi connectivity index (χ4v) is 4.20. The van der Waals surface area contributed by atoms with Gasteiger partial charge in [0, 0.05) is 28.6 Å². The van der Waals surface area contributed by atoms with E-state index in [-0.39, 0.29) is 30.2 Å². The summed E-state index contributed by atoms with van der Waals surface area (Å²) in [5, 5.41) is 3.65. The Morgan fingerprint density at radius 1 is 1.28 bits per heavy atom. The van der Waals surface area contributed by atoms with Crippen LogP contribution in [-0.4, -0.2) is 27.9 Å². The number of nitrogens with one attached hydrogen (secondary N) is 1. The van der Waals surface area contributed by atoms with E-state index in [0.717, 1.165) is 11.3 Å². The Balaban J connectivity index is 1.76. The fourth-order valence-electron chi connectivity index (χ4n) is 4.20. The first kappa shape index (κ1) is 22.1. The molecular formula is C23H23F4N3O2. The monoisotopic (exact) mass is 449 g/mol. The number of benzene rings is 1. The van der Waals surface area contributed by atoms with Crippen molar-refractivity contribution in [3.8, 4) is 5.75 Å². The SMILES string of the molecule is CC(C)C(=O)NC1CCc2c(c3cc(OC(F)(F)F)ccc3n2Cc2cccc(F)n2)C1. The molecule has 0 aliphatic heterocycles. The summed E-state index contributed by atoms with van der Waals surface area (Å²) in [6, 6.07) is 8.65. The van der Waals surface area contributed by atoms with Gasteiger partial charge in [0.15, 0.2) is 0 Å². The van der Waals surface area contributed by atoms with E-state index in [2.05, 4.69) is 15.0 Å². The van der Waals surface area contributed by atoms with E-state index >= 15 is 0 Å². The van der Waals surface area contributed by atoms with Gasteiger partial charge in [0.1, 0.15) is 5.75 Å². The molecule has 9 heteroatoms. The summed E-state index contributed by atoms with van der Waals surface area (Å²) < 4.78 is 58.0. The van der Waals surface area contributed by atoms with Gasteiger partial charge in [-0.05, 0) is 55.2 Å². The zero-order valence-electron chi connectivity index (χ0n) is 17.7. The number of hydrogen-bond acceptors (Lipinski definition) is 3. The Kier molecular flexibility index (Phi) is 5.83. The molecule has 1 aliphatic rings. The molecule has 0 saturated carbocycles. The first-order valence-corrected chi connectivity index (χ1v) is 10.4. The van der Waals surface area contributed by atoms with Gasteiger partial charge in [0.25, 0.3) is 0 Å². The van der Waals surface area contributed by atoms with Gasteiger partial charge in [-0.2, -0.15) is 4.39 Å². The summed E-state index contributed by atoms with van der Waals surface area (Å²) in [6.07, 6.45) is -2.99. The average Bonchev–Trinajstić information content (AvgIpc) is 2.99. The molecule has 1 amide bonds. The van der Waals surface area contributed by atoms with Crippen LogP contribution in [0.1, 0.15) is 37.2 Å². The van der Waals surface area contributed by atoms with Crippen molar-refractivity contribution >= 4 is 16.8 Å². The quantitative estimate of drug-likeness (QED) is 0.452. The summed E-state index contributed by atoms with van der Waals surface area (Å²) in [4.78, 5) is 16.1. The molecule has 1 aliphatic carbocycles. The summed E-state index contributed by atoms with van der Waals surface area (Å²) in [7, 11) is 0. The topological polar surface area (TPSA) is 56.1 Å². The molecule has 1 unspecified atom stereocenters. The molecule has 0 fully saturated rings. The van der Waals surface area contributed by atoms with E-state index in [1.165, 1.54) is 18.2 Å². The van der Waals surface area contributed by atoms with Crippen LogP contribution in [0.4, 0.5) is 17.6 Å². The Labute approximate surface area is 182 Å². The molecule has 170 valence electrons. The summed E-state index contributed by atoms with van der Waals surface area (Å²) in [5.41, 5.74) is 3.04. The van der Waals surface area contributed by atoms with Gasteiger partial charge < -0.3 is 14.6 Å². The Hall–Kier alpha value is -3.10. The smallest absolute Gasteiger partial charge is 0.406 e. The summed E-state index contributed by atoms with van der Waals surface area (Å²) in [6.45, 7) is 3.90. The third-order valence-corrected chi connectivity index (χ3v) is 5.64. The molecule has 3 aromatic rings. The Morgan fingerprint density at radius 2 is 2.06 bits per heavy atom. The maximum absolute atomic E-state index is 13.6. The van der Waals surface area contributed by atoms with Crippen molar-refractivity contribution < 1.29 is 27.1 Å². The van der Waals surface area contributed by atoms with Crippen LogP contribution < -0.4 is 10.1 Å². The lowest BCUT2D eigenvalue weighted by Crippen LogP contribution is -2.41. The van der Waals surface area contributed by atoms with Crippen LogP contribution in [0.2, 0.25) is 0 Å². The number of pyridine rings is 1. The lowest BCUT2D eigenvalue weighted by atomic mass is 9.91. The normalized spacial score (nSPS) is 16.3. The number of alkyl halides is 3. The number of nitrogens with zero attached hydrogens (tertiary/aromatic N) is 2. The molecule has 0 bridgehead atoms. The zero-order chi connectivity index (χ0) is 23.0. The van der Waals surface area contributed by atoms with Crippen LogP contribution in [0.5, 0.6) is 5.75 Å². The van der Waals surface area contributed by atoms with Gasteiger partial charge in [0.05, 0.1) is 12.2 Å². The first-order valence-electron chi connectivity index (χ1n) is 10.4. The molecule has 2 heterocycles. The molecule has 1 N–H and O–H groups in total. The minimum atomic E-state index is -4.80. The highest BCUT2D eigenvalue weighted by molar-refractivity contribution is 5.87. The second kappa shape index (κ2) is 8.44. The van der Waals surface area contributed by atoms with Crippen LogP contribution in [0.15, 0.2) is 36.4 Å². The number of aromatic nitrogens is 2. The van der Waals surface area contributed by atoms with Gasteiger partial charge in [-0.1, -0.05) is 19.9 Å². The van der Waals surface area contributed by atoms with Crippen LogP contribution in [-0.2, 0) is 24.2 Å². The van der Waals surface area contributed by atoms with Gasteiger partial charge in [-0.15, -0.1) is 13.2 Å². The second-order valence-electron chi connectivity index (χ2n) is 8.29. The Morgan fingerprint density at radius 3 is 2.75 bits per heavy atom. The lowest BCUT2D eigenvalue weighted by Gasteiger charge is -2.26. The maximum atomic E-state index is 13.6. The lowest BCUT2D eigenvalue weighted by molar-refractivity contribution is -0.274. The van der Waals surface area contributed by atoms with E-state index in [1.807, 2.05) is 18.4 Å². The number of carbonyl (C=O) groups excluding carboxylic acids is 1. The highest BCUT2D eigenvalue weighted by atomic mass is 19.4. The number of hydrogen-bond donors (Lipinski definition) is 1. The standard InChI is InChI=1S/C23H23F4N3O2/c1-13(2)22(31)29-14-6-8-19-17(10-14)18-11-16(32-23(25,26)27)7-9-20(18)30(19)12-15-4-3-5-21(24)28-15/h3-5,7,9,11,13-14H,6,8,10,12H2,1-2H3,(H,29,31). The van der Waals surface area contributed by atoms with Gasteiger partial charge in [-0.3, -0.25) is 4.79 Å². The fraction of sp³-hybridized carbons (Fsp3) is 0.391. The van der Waals surface area contributed by atoms with Crippen LogP contribution >= 0.6 is 0 Å². The minimum absolute atomic E-state index is 0.0627. The zero-order valence-corrected chi connectivity index (χ0v) is 17.7. The third-order valence-electron chi connectivity index (χ3n) is 5.64. The summed E-state index contributed by atoms with van der Waals surface area (Å²) in [5.74, 6) is -1.12. The average molecular weight is 449 g/mol. The molecule has 2 aromatic heterocycles. The van der Waals surface area contributed by atoms with Crippen molar-refractivity contribution in [3.63, 3.8) is 0 Å². The van der Waals surface area contributed by atoms with Crippen molar-refractivity contribution in [3.05, 3.63) is 59.3 Å². The highest BCUT2D eigenvalue weighted by Gasteiger charge is 2.32. The predicted molar refractivity (Wildman–Crippen MR) is 111 cm³/mol. The number of rotatable bonds is 5. The molecule has 5 nitrogen and oxygen atoms in total. The summed E-state index contributed by atoms with van der Waals surface area (Å²) >= 11 is 0. The van der Waals surface area contributed by atoms with E-state index in [4.69, 9.17) is 0 Å². The van der Waals surface area contributed by atoms with E-state index in [0.29, 0.717) is 35.9 Å². The molecule has 0 saturated heterocycles.